The van der Waals surface area contributed by atoms with Crippen LogP contribution in [0.4, 0.5) is 0 Å². The van der Waals surface area contributed by atoms with Crippen molar-refractivity contribution in [3.05, 3.63) is 41.6 Å². The molecule has 3 amide bonds. The summed E-state index contributed by atoms with van der Waals surface area (Å²) in [6.07, 6.45) is 3.06. The molecule has 1 atom stereocenters. The first-order valence-electron chi connectivity index (χ1n) is 9.54. The number of piperidine rings is 1. The number of benzene rings is 2. The Hall–Kier alpha value is -3.22. The molecule has 0 spiro atoms. The van der Waals surface area contributed by atoms with E-state index in [0.717, 1.165) is 22.7 Å². The van der Waals surface area contributed by atoms with Crippen LogP contribution in [0, 0.1) is 5.92 Å². The van der Waals surface area contributed by atoms with Gasteiger partial charge >= 0.3 is 0 Å². The van der Waals surface area contributed by atoms with E-state index < -0.39 is 5.92 Å². The minimum atomic E-state index is -0.522. The highest BCUT2D eigenvalue weighted by Crippen LogP contribution is 2.35. The van der Waals surface area contributed by atoms with Gasteiger partial charge < -0.3 is 9.84 Å². The van der Waals surface area contributed by atoms with Gasteiger partial charge in [0, 0.05) is 18.5 Å². The zero-order valence-corrected chi connectivity index (χ0v) is 15.2. The fraction of sp³-hybridized carbons (Fsp3) is 0.333. The zero-order valence-electron chi connectivity index (χ0n) is 15.2. The summed E-state index contributed by atoms with van der Waals surface area (Å²) in [4.78, 5) is 36.1. The summed E-state index contributed by atoms with van der Waals surface area (Å²) < 4.78 is 5.44. The summed E-state index contributed by atoms with van der Waals surface area (Å²) in [5.74, 6) is -0.590. The maximum absolute atomic E-state index is 12.4. The van der Waals surface area contributed by atoms with Gasteiger partial charge in [-0.2, -0.15) is 0 Å². The van der Waals surface area contributed by atoms with Gasteiger partial charge in [-0.15, -0.1) is 0 Å². The number of hydrogen-bond acceptors (Lipinski definition) is 5. The molecular formula is C21H19N3O4. The predicted octanol–water partition coefficient (Wildman–Crippen LogP) is 2.64. The van der Waals surface area contributed by atoms with E-state index in [9.17, 15) is 14.4 Å². The van der Waals surface area contributed by atoms with Crippen molar-refractivity contribution in [2.24, 2.45) is 5.92 Å². The predicted molar refractivity (Wildman–Crippen MR) is 102 cm³/mol. The van der Waals surface area contributed by atoms with Crippen LogP contribution in [0.25, 0.3) is 21.7 Å². The highest BCUT2D eigenvalue weighted by Gasteiger charge is 2.32. The van der Waals surface area contributed by atoms with Gasteiger partial charge in [-0.1, -0.05) is 17.3 Å². The van der Waals surface area contributed by atoms with Gasteiger partial charge in [-0.3, -0.25) is 19.7 Å². The lowest BCUT2D eigenvalue weighted by atomic mass is 9.91. The summed E-state index contributed by atoms with van der Waals surface area (Å²) in [5.41, 5.74) is 1.72. The molecule has 1 unspecified atom stereocenters. The molecule has 2 aromatic carbocycles. The molecule has 0 bridgehead atoms. The van der Waals surface area contributed by atoms with E-state index in [1.165, 1.54) is 12.8 Å². The van der Waals surface area contributed by atoms with E-state index in [4.69, 9.17) is 4.52 Å². The number of fused-ring (bicyclic) bond motifs is 3. The molecule has 28 heavy (non-hydrogen) atoms. The molecule has 1 aliphatic heterocycles. The summed E-state index contributed by atoms with van der Waals surface area (Å²) in [5, 5.41) is 12.0. The van der Waals surface area contributed by atoms with Gasteiger partial charge in [0.25, 0.3) is 5.91 Å². The quantitative estimate of drug-likeness (QED) is 0.681. The van der Waals surface area contributed by atoms with Crippen molar-refractivity contribution in [2.75, 3.05) is 6.54 Å². The summed E-state index contributed by atoms with van der Waals surface area (Å²) >= 11 is 0. The fourth-order valence-electron chi connectivity index (χ4n) is 3.79. The largest absolute Gasteiger partial charge is 0.356 e. The first-order valence-corrected chi connectivity index (χ1v) is 9.54. The van der Waals surface area contributed by atoms with E-state index in [1.807, 2.05) is 18.2 Å². The second-order valence-corrected chi connectivity index (χ2v) is 7.60. The summed E-state index contributed by atoms with van der Waals surface area (Å²) in [6, 6.07) is 9.18. The smallest absolute Gasteiger partial charge is 0.251 e. The monoisotopic (exact) mass is 377 g/mol. The van der Waals surface area contributed by atoms with Crippen molar-refractivity contribution in [3.63, 3.8) is 0 Å². The Labute approximate surface area is 160 Å². The third-order valence-corrected chi connectivity index (χ3v) is 5.56. The Kier molecular flexibility index (Phi) is 3.89. The molecule has 0 radical (unpaired) electrons. The van der Waals surface area contributed by atoms with E-state index in [2.05, 4.69) is 15.8 Å². The number of carbonyl (C=O) groups excluding carboxylic acids is 3. The third-order valence-electron chi connectivity index (χ3n) is 5.56. The standard InChI is InChI=1S/C21H19N3O4/c25-17-8-6-15(21(27)23-17)19-18-14-5-3-13(20(26)22-10-11-1-2-11)9-12(14)4-7-16(18)28-24-19/h3-5,7,9,11,15H,1-2,6,8,10H2,(H,22,26)(H,23,25,27). The normalized spacial score (nSPS) is 19.8. The topological polar surface area (TPSA) is 101 Å². The lowest BCUT2D eigenvalue weighted by molar-refractivity contribution is -0.134. The van der Waals surface area contributed by atoms with Crippen LogP contribution in [0.15, 0.2) is 34.9 Å². The van der Waals surface area contributed by atoms with Crippen LogP contribution in [-0.4, -0.2) is 29.4 Å². The average molecular weight is 377 g/mol. The van der Waals surface area contributed by atoms with Gasteiger partial charge in [0.05, 0.1) is 11.3 Å². The number of nitrogens with zero attached hydrogens (tertiary/aromatic N) is 1. The van der Waals surface area contributed by atoms with Crippen LogP contribution in [0.3, 0.4) is 0 Å². The Balaban J connectivity index is 1.53. The van der Waals surface area contributed by atoms with Gasteiger partial charge in [0.2, 0.25) is 11.8 Å². The van der Waals surface area contributed by atoms with Gasteiger partial charge in [-0.05, 0) is 54.2 Å². The van der Waals surface area contributed by atoms with E-state index in [-0.39, 0.29) is 24.1 Å². The van der Waals surface area contributed by atoms with Crippen molar-refractivity contribution in [3.8, 4) is 0 Å². The molecule has 1 saturated heterocycles. The number of carbonyl (C=O) groups is 3. The molecule has 7 heteroatoms. The van der Waals surface area contributed by atoms with Crippen LogP contribution in [-0.2, 0) is 9.59 Å². The fourth-order valence-corrected chi connectivity index (χ4v) is 3.79. The molecule has 142 valence electrons. The maximum atomic E-state index is 12.4. The van der Waals surface area contributed by atoms with Crippen molar-refractivity contribution in [1.29, 1.82) is 0 Å². The molecule has 2 heterocycles. The summed E-state index contributed by atoms with van der Waals surface area (Å²) in [7, 11) is 0. The lowest BCUT2D eigenvalue weighted by Crippen LogP contribution is -2.39. The molecule has 2 fully saturated rings. The number of aromatic nitrogens is 1. The second-order valence-electron chi connectivity index (χ2n) is 7.60. The highest BCUT2D eigenvalue weighted by atomic mass is 16.5. The van der Waals surface area contributed by atoms with Crippen molar-refractivity contribution in [2.45, 2.75) is 31.6 Å². The Morgan fingerprint density at radius 2 is 2.04 bits per heavy atom. The number of nitrogens with one attached hydrogen (secondary N) is 2. The molecule has 5 rings (SSSR count). The van der Waals surface area contributed by atoms with Gasteiger partial charge in [0.1, 0.15) is 5.69 Å². The number of rotatable bonds is 4. The van der Waals surface area contributed by atoms with Crippen LogP contribution in [0.5, 0.6) is 0 Å². The molecule has 2 aliphatic rings. The zero-order chi connectivity index (χ0) is 19.3. The second kappa shape index (κ2) is 6.44. The summed E-state index contributed by atoms with van der Waals surface area (Å²) in [6.45, 7) is 0.723. The number of hydrogen-bond donors (Lipinski definition) is 2. The number of imide groups is 1. The molecular weight excluding hydrogens is 358 g/mol. The van der Waals surface area contributed by atoms with Crippen LogP contribution in [0.1, 0.15) is 47.7 Å². The Morgan fingerprint density at radius 3 is 2.82 bits per heavy atom. The molecule has 2 N–H and O–H groups in total. The molecule has 7 nitrogen and oxygen atoms in total. The van der Waals surface area contributed by atoms with Crippen molar-refractivity contribution >= 4 is 39.5 Å². The Morgan fingerprint density at radius 1 is 1.18 bits per heavy atom. The molecule has 1 aliphatic carbocycles. The van der Waals surface area contributed by atoms with Crippen LogP contribution in [0.2, 0.25) is 0 Å². The maximum Gasteiger partial charge on any atom is 0.251 e. The van der Waals surface area contributed by atoms with E-state index in [1.54, 1.807) is 12.1 Å². The highest BCUT2D eigenvalue weighted by molar-refractivity contribution is 6.11. The van der Waals surface area contributed by atoms with E-state index in [0.29, 0.717) is 29.2 Å². The molecule has 1 saturated carbocycles. The molecule has 3 aromatic rings. The number of amides is 3. The average Bonchev–Trinajstić information content (AvgIpc) is 3.43. The van der Waals surface area contributed by atoms with Crippen LogP contribution >= 0.6 is 0 Å². The van der Waals surface area contributed by atoms with Gasteiger partial charge in [0.15, 0.2) is 5.58 Å². The van der Waals surface area contributed by atoms with Crippen LogP contribution < -0.4 is 10.6 Å². The van der Waals surface area contributed by atoms with Gasteiger partial charge in [-0.25, -0.2) is 0 Å². The van der Waals surface area contributed by atoms with Crippen molar-refractivity contribution < 1.29 is 18.9 Å². The Bertz CT molecular complexity index is 1130. The third kappa shape index (κ3) is 2.93. The minimum absolute atomic E-state index is 0.0791. The minimum Gasteiger partial charge on any atom is -0.356 e. The first-order chi connectivity index (χ1) is 13.6. The first kappa shape index (κ1) is 16.9. The van der Waals surface area contributed by atoms with Crippen molar-refractivity contribution in [1.82, 2.24) is 15.8 Å². The lowest BCUT2D eigenvalue weighted by Gasteiger charge is -2.19. The van der Waals surface area contributed by atoms with E-state index >= 15 is 0 Å². The SMILES string of the molecule is O=C1CCC(c2noc3ccc4cc(C(=O)NCC5CC5)ccc4c23)C(=O)N1. The molecule has 1 aromatic heterocycles.